The minimum Gasteiger partial charge on any atom is -0.379 e. The van der Waals surface area contributed by atoms with Gasteiger partial charge in [-0.25, -0.2) is 8.42 Å². The van der Waals surface area contributed by atoms with E-state index >= 15 is 0 Å². The van der Waals surface area contributed by atoms with E-state index in [1.54, 1.807) is 0 Å². The van der Waals surface area contributed by atoms with Crippen molar-refractivity contribution in [1.29, 1.82) is 0 Å². The van der Waals surface area contributed by atoms with Gasteiger partial charge in [0.25, 0.3) is 5.91 Å². The van der Waals surface area contributed by atoms with E-state index in [2.05, 4.69) is 14.8 Å². The summed E-state index contributed by atoms with van der Waals surface area (Å²) >= 11 is 0. The molecular formula is C22H26N4O4S. The quantitative estimate of drug-likeness (QED) is 0.714. The second-order valence-corrected chi connectivity index (χ2v) is 10.3. The molecule has 1 N–H and O–H groups in total. The predicted octanol–water partition coefficient (Wildman–Crippen LogP) is 1.81. The zero-order valence-electron chi connectivity index (χ0n) is 17.3. The van der Waals surface area contributed by atoms with Gasteiger partial charge in [0, 0.05) is 49.3 Å². The summed E-state index contributed by atoms with van der Waals surface area (Å²) < 4.78 is 33.4. The van der Waals surface area contributed by atoms with Gasteiger partial charge in [0.1, 0.15) is 0 Å². The summed E-state index contributed by atoms with van der Waals surface area (Å²) in [5.41, 5.74) is 4.02. The van der Waals surface area contributed by atoms with Crippen molar-refractivity contribution < 1.29 is 17.9 Å². The average molecular weight is 443 g/mol. The fourth-order valence-electron chi connectivity index (χ4n) is 4.34. The number of sulfonamides is 1. The number of amides is 1. The molecule has 0 aliphatic carbocycles. The van der Waals surface area contributed by atoms with Gasteiger partial charge in [0.05, 0.1) is 31.2 Å². The molecule has 3 aliphatic heterocycles. The summed E-state index contributed by atoms with van der Waals surface area (Å²) in [6.45, 7) is 4.89. The normalized spacial score (nSPS) is 22.7. The van der Waals surface area contributed by atoms with E-state index in [1.807, 2.05) is 42.6 Å². The molecule has 3 aliphatic rings. The lowest BCUT2D eigenvalue weighted by molar-refractivity contribution is -0.110. The maximum absolute atomic E-state index is 12.7. The highest BCUT2D eigenvalue weighted by atomic mass is 32.2. The maximum atomic E-state index is 12.7. The van der Waals surface area contributed by atoms with Gasteiger partial charge < -0.3 is 14.6 Å². The molecule has 0 atom stereocenters. The van der Waals surface area contributed by atoms with Gasteiger partial charge in [-0.2, -0.15) is 4.31 Å². The van der Waals surface area contributed by atoms with Gasteiger partial charge in [0.2, 0.25) is 10.0 Å². The zero-order chi connectivity index (χ0) is 21.4. The lowest BCUT2D eigenvalue weighted by atomic mass is 10.0. The first-order valence-corrected chi connectivity index (χ1v) is 12.2. The van der Waals surface area contributed by atoms with E-state index in [0.29, 0.717) is 25.1 Å². The number of anilines is 1. The second-order valence-electron chi connectivity index (χ2n) is 8.17. The molecule has 31 heavy (non-hydrogen) atoms. The molecule has 2 fully saturated rings. The molecule has 1 amide bonds. The lowest BCUT2D eigenvalue weighted by Gasteiger charge is -2.27. The van der Waals surface area contributed by atoms with Crippen molar-refractivity contribution >= 4 is 33.3 Å². The highest BCUT2D eigenvalue weighted by Gasteiger charge is 2.29. The second kappa shape index (κ2) is 8.23. The molecule has 8 nitrogen and oxygen atoms in total. The summed E-state index contributed by atoms with van der Waals surface area (Å²) in [5, 5.41) is 2.92. The third-order valence-corrected chi connectivity index (χ3v) is 7.95. The Morgan fingerprint density at radius 1 is 1.13 bits per heavy atom. The lowest BCUT2D eigenvalue weighted by Crippen LogP contribution is -2.37. The van der Waals surface area contributed by atoms with E-state index < -0.39 is 10.0 Å². The summed E-state index contributed by atoms with van der Waals surface area (Å²) in [7, 11) is -3.17. The van der Waals surface area contributed by atoms with Crippen molar-refractivity contribution in [2.45, 2.75) is 19.6 Å². The van der Waals surface area contributed by atoms with Crippen LogP contribution in [0.15, 0.2) is 36.5 Å². The first-order valence-electron chi connectivity index (χ1n) is 10.6. The van der Waals surface area contributed by atoms with Crippen LogP contribution < -0.4 is 5.32 Å². The first kappa shape index (κ1) is 20.4. The number of nitrogens with one attached hydrogen (secondary N) is 1. The molecule has 5 rings (SSSR count). The Hall–Kier alpha value is -2.46. The molecule has 0 spiro atoms. The molecule has 0 unspecified atom stereocenters. The van der Waals surface area contributed by atoms with Crippen LogP contribution in [-0.4, -0.2) is 66.7 Å². The van der Waals surface area contributed by atoms with Crippen LogP contribution in [0.3, 0.4) is 0 Å². The van der Waals surface area contributed by atoms with Gasteiger partial charge in [-0.05, 0) is 42.3 Å². The Balaban J connectivity index is 1.41. The number of morpholine rings is 1. The smallest absolute Gasteiger partial charge is 0.256 e. The van der Waals surface area contributed by atoms with Crippen LogP contribution in [-0.2, 0) is 32.8 Å². The Kier molecular flexibility index (Phi) is 5.43. The highest BCUT2D eigenvalue weighted by Crippen LogP contribution is 2.34. The van der Waals surface area contributed by atoms with Crippen LogP contribution in [0.4, 0.5) is 5.69 Å². The van der Waals surface area contributed by atoms with Crippen molar-refractivity contribution in [1.82, 2.24) is 13.8 Å². The molecule has 1 aromatic heterocycles. The van der Waals surface area contributed by atoms with Gasteiger partial charge in [0.15, 0.2) is 0 Å². The van der Waals surface area contributed by atoms with Gasteiger partial charge in [-0.1, -0.05) is 6.07 Å². The minimum absolute atomic E-state index is 0.139. The van der Waals surface area contributed by atoms with E-state index in [4.69, 9.17) is 4.74 Å². The third-order valence-electron chi connectivity index (χ3n) is 6.04. The number of hydrogen-bond acceptors (Lipinski definition) is 5. The maximum Gasteiger partial charge on any atom is 0.256 e. The van der Waals surface area contributed by atoms with Crippen LogP contribution >= 0.6 is 0 Å². The standard InChI is InChI=1S/C22H26N4O4S/c27-22-20(14-18-3-1-6-25(18)16-24-8-10-30-11-9-24)19-13-17(4-5-21(19)23-22)15-26-7-2-12-31(26,28)29/h1,3-6,13-14H,2,7-12,15-16H2,(H,23,27). The van der Waals surface area contributed by atoms with Crippen molar-refractivity contribution in [3.05, 3.63) is 53.3 Å². The first-order chi connectivity index (χ1) is 15.0. The van der Waals surface area contributed by atoms with Crippen LogP contribution in [0.25, 0.3) is 11.6 Å². The molecule has 2 aromatic rings. The fourth-order valence-corrected chi connectivity index (χ4v) is 5.85. The van der Waals surface area contributed by atoms with Crippen molar-refractivity contribution in [3.8, 4) is 0 Å². The zero-order valence-corrected chi connectivity index (χ0v) is 18.1. The van der Waals surface area contributed by atoms with Crippen LogP contribution in [0.2, 0.25) is 0 Å². The Labute approximate surface area is 182 Å². The predicted molar refractivity (Wildman–Crippen MR) is 119 cm³/mol. The Morgan fingerprint density at radius 3 is 2.74 bits per heavy atom. The number of carbonyl (C=O) groups excluding carboxylic acids is 1. The molecule has 0 saturated carbocycles. The van der Waals surface area contributed by atoms with E-state index in [9.17, 15) is 13.2 Å². The van der Waals surface area contributed by atoms with Crippen molar-refractivity contribution in [2.75, 3.05) is 43.9 Å². The van der Waals surface area contributed by atoms with Gasteiger partial charge >= 0.3 is 0 Å². The largest absolute Gasteiger partial charge is 0.379 e. The molecule has 164 valence electrons. The van der Waals surface area contributed by atoms with E-state index in [1.165, 1.54) is 4.31 Å². The number of hydrogen-bond donors (Lipinski definition) is 1. The molecule has 9 heteroatoms. The molecule has 1 aromatic carbocycles. The number of aromatic nitrogens is 1. The summed E-state index contributed by atoms with van der Waals surface area (Å²) in [4.78, 5) is 15.0. The molecule has 4 heterocycles. The molecule has 0 bridgehead atoms. The fraction of sp³-hybridized carbons (Fsp3) is 0.409. The number of nitrogens with zero attached hydrogens (tertiary/aromatic N) is 3. The SMILES string of the molecule is O=C1Nc2ccc(CN3CCCS3(=O)=O)cc2C1=Cc1cccn1CN1CCOCC1. The Morgan fingerprint density at radius 2 is 1.97 bits per heavy atom. The Bertz CT molecular complexity index is 1130. The summed E-state index contributed by atoms with van der Waals surface area (Å²) in [6, 6.07) is 9.66. The summed E-state index contributed by atoms with van der Waals surface area (Å²) in [6.07, 6.45) is 4.60. The van der Waals surface area contributed by atoms with Crippen molar-refractivity contribution in [2.24, 2.45) is 0 Å². The monoisotopic (exact) mass is 442 g/mol. The van der Waals surface area contributed by atoms with Crippen molar-refractivity contribution in [3.63, 3.8) is 0 Å². The topological polar surface area (TPSA) is 83.9 Å². The average Bonchev–Trinajstić information content (AvgIpc) is 3.42. The molecular weight excluding hydrogens is 416 g/mol. The molecule has 2 saturated heterocycles. The van der Waals surface area contributed by atoms with E-state index in [-0.39, 0.29) is 11.7 Å². The van der Waals surface area contributed by atoms with Gasteiger partial charge in [-0.3, -0.25) is 9.69 Å². The highest BCUT2D eigenvalue weighted by molar-refractivity contribution is 7.89. The molecule has 0 radical (unpaired) electrons. The number of ether oxygens (including phenoxy) is 1. The number of benzene rings is 1. The van der Waals surface area contributed by atoms with Gasteiger partial charge in [-0.15, -0.1) is 0 Å². The minimum atomic E-state index is -3.17. The van der Waals surface area contributed by atoms with Crippen LogP contribution in [0.1, 0.15) is 23.2 Å². The summed E-state index contributed by atoms with van der Waals surface area (Å²) in [5.74, 6) is 0.0727. The third kappa shape index (κ3) is 4.18. The number of carbonyl (C=O) groups is 1. The number of rotatable bonds is 5. The van der Waals surface area contributed by atoms with E-state index in [0.717, 1.165) is 55.5 Å². The number of fused-ring (bicyclic) bond motifs is 1. The van der Waals surface area contributed by atoms with Crippen LogP contribution in [0.5, 0.6) is 0 Å². The van der Waals surface area contributed by atoms with Crippen LogP contribution in [0, 0.1) is 0 Å².